The Labute approximate surface area is 340 Å². The molecule has 0 radical (unpaired) electrons. The molecule has 0 heterocycles. The first-order valence-corrected chi connectivity index (χ1v) is 24.2. The van der Waals surface area contributed by atoms with E-state index in [0.29, 0.717) is 17.4 Å². The average Bonchev–Trinajstić information content (AvgIpc) is 3.13. The summed E-state index contributed by atoms with van der Waals surface area (Å²) >= 11 is 0. The third kappa shape index (κ3) is 43.5. The Morgan fingerprint density at radius 2 is 1.02 bits per heavy atom. The van der Waals surface area contributed by atoms with Crippen LogP contribution < -0.4 is 4.89 Å². The van der Waals surface area contributed by atoms with Gasteiger partial charge in [-0.1, -0.05) is 173 Å². The molecule has 0 saturated heterocycles. The van der Waals surface area contributed by atoms with Gasteiger partial charge in [-0.05, 0) is 51.0 Å². The highest BCUT2D eigenvalue weighted by Crippen LogP contribution is 2.38. The molecule has 1 unspecified atom stereocenters. The molecule has 0 aliphatic heterocycles. The van der Waals surface area contributed by atoms with Crippen LogP contribution in [0.15, 0.2) is 36.6 Å². The van der Waals surface area contributed by atoms with Gasteiger partial charge in [-0.2, -0.15) is 0 Å². The number of likely N-dealkylation sites (N-methyl/N-ethyl adjacent to an activating group) is 1. The van der Waals surface area contributed by atoms with E-state index < -0.39 is 19.9 Å². The van der Waals surface area contributed by atoms with Crippen molar-refractivity contribution in [2.75, 3.05) is 47.5 Å². The molecule has 0 aromatic heterocycles. The minimum Gasteiger partial charge on any atom is -0.756 e. The number of ether oxygens (including phenoxy) is 2. The second-order valence-corrected chi connectivity index (χ2v) is 17.9. The number of hydrogen-bond acceptors (Lipinski definition) is 7. The average molecular weight is 798 g/mol. The quantitative estimate of drug-likeness (QED) is 0.0152. The third-order valence-corrected chi connectivity index (χ3v) is 10.7. The first kappa shape index (κ1) is 53.6. The minimum absolute atomic E-state index is 0.00510. The number of carbonyl (C=O) groups is 1. The van der Waals surface area contributed by atoms with Crippen LogP contribution in [-0.4, -0.2) is 64.1 Å². The van der Waals surface area contributed by atoms with Crippen LogP contribution in [0.1, 0.15) is 200 Å². The van der Waals surface area contributed by atoms with Gasteiger partial charge >= 0.3 is 5.97 Å². The Morgan fingerprint density at radius 1 is 0.582 bits per heavy atom. The van der Waals surface area contributed by atoms with Crippen LogP contribution in [0.5, 0.6) is 0 Å². The van der Waals surface area contributed by atoms with Crippen LogP contribution in [-0.2, 0) is 27.9 Å². The van der Waals surface area contributed by atoms with Crippen LogP contribution in [0.25, 0.3) is 0 Å². The van der Waals surface area contributed by atoms with Gasteiger partial charge in [0.25, 0.3) is 7.82 Å². The lowest BCUT2D eigenvalue weighted by molar-refractivity contribution is -0.870. The Bertz CT molecular complexity index is 978. The molecule has 0 aliphatic carbocycles. The van der Waals surface area contributed by atoms with Gasteiger partial charge in [0.2, 0.25) is 0 Å². The van der Waals surface area contributed by atoms with Gasteiger partial charge in [0.15, 0.2) is 6.10 Å². The molecular weight excluding hydrogens is 709 g/mol. The molecule has 0 fully saturated rings. The molecule has 0 N–H and O–H groups in total. The molecule has 8 nitrogen and oxygen atoms in total. The van der Waals surface area contributed by atoms with Gasteiger partial charge in [-0.25, -0.2) is 0 Å². The summed E-state index contributed by atoms with van der Waals surface area (Å²) in [5, 5.41) is 0. The lowest BCUT2D eigenvalue weighted by Gasteiger charge is -2.28. The predicted molar refractivity (Wildman–Crippen MR) is 231 cm³/mol. The van der Waals surface area contributed by atoms with E-state index in [1.165, 1.54) is 141 Å². The molecule has 0 aromatic rings. The molecule has 0 saturated carbocycles. The fourth-order valence-corrected chi connectivity index (χ4v) is 6.93. The van der Waals surface area contributed by atoms with E-state index in [4.69, 9.17) is 18.5 Å². The highest BCUT2D eigenvalue weighted by molar-refractivity contribution is 7.45. The van der Waals surface area contributed by atoms with Crippen molar-refractivity contribution in [1.29, 1.82) is 0 Å². The maximum absolute atomic E-state index is 12.6. The summed E-state index contributed by atoms with van der Waals surface area (Å²) in [6.07, 6.45) is 46.9. The molecular formula is C46H88NO7P. The number of esters is 1. The maximum atomic E-state index is 12.6. The summed E-state index contributed by atoms with van der Waals surface area (Å²) in [5.41, 5.74) is 0. The van der Waals surface area contributed by atoms with Crippen LogP contribution in [0.4, 0.5) is 0 Å². The zero-order chi connectivity index (χ0) is 40.6. The monoisotopic (exact) mass is 798 g/mol. The van der Waals surface area contributed by atoms with E-state index in [2.05, 4.69) is 38.2 Å². The largest absolute Gasteiger partial charge is 0.756 e. The number of quaternary nitrogens is 1. The molecule has 2 atom stereocenters. The number of rotatable bonds is 42. The topological polar surface area (TPSA) is 94.1 Å². The van der Waals surface area contributed by atoms with E-state index in [9.17, 15) is 14.3 Å². The third-order valence-electron chi connectivity index (χ3n) is 9.76. The molecule has 55 heavy (non-hydrogen) atoms. The zero-order valence-corrected chi connectivity index (χ0v) is 37.5. The van der Waals surface area contributed by atoms with Gasteiger partial charge in [-0.15, -0.1) is 0 Å². The molecule has 0 aromatic carbocycles. The molecule has 0 rings (SSSR count). The van der Waals surface area contributed by atoms with Crippen molar-refractivity contribution in [2.24, 2.45) is 0 Å². The van der Waals surface area contributed by atoms with Crippen molar-refractivity contribution in [3.8, 4) is 0 Å². The number of nitrogens with zero attached hydrogens (tertiary/aromatic N) is 1. The summed E-state index contributed by atoms with van der Waals surface area (Å²) in [4.78, 5) is 25.0. The van der Waals surface area contributed by atoms with Gasteiger partial charge in [0, 0.05) is 6.42 Å². The standard InChI is InChI=1S/C46H88NO7P/c1-6-8-10-12-14-16-18-20-22-24-25-27-29-31-33-35-37-39-46(48)54-45(44-53-55(49,50)52-42-40-47(3,4)5)43-51-41-38-36-34-32-30-28-26-23-21-19-17-15-13-11-9-7-2/h25,27,31,33,38,41,45H,6-24,26,28-30,32,34-37,39-40,42-44H2,1-5H3/b27-25+,33-31+,41-38+/t45-/m1/s1. The van der Waals surface area contributed by atoms with Crippen molar-refractivity contribution in [2.45, 2.75) is 206 Å². The number of allylic oxidation sites excluding steroid dienone is 5. The van der Waals surface area contributed by atoms with E-state index >= 15 is 0 Å². The van der Waals surface area contributed by atoms with Crippen molar-refractivity contribution >= 4 is 13.8 Å². The Hall–Kier alpha value is -1.44. The molecule has 0 aliphatic rings. The first-order chi connectivity index (χ1) is 26.6. The molecule has 0 bridgehead atoms. The van der Waals surface area contributed by atoms with Crippen molar-refractivity contribution in [3.63, 3.8) is 0 Å². The normalized spacial score (nSPS) is 14.0. The second-order valence-electron chi connectivity index (χ2n) is 16.5. The van der Waals surface area contributed by atoms with Crippen molar-refractivity contribution in [1.82, 2.24) is 0 Å². The minimum atomic E-state index is -4.55. The Morgan fingerprint density at radius 3 is 1.49 bits per heavy atom. The fourth-order valence-electron chi connectivity index (χ4n) is 6.20. The molecule has 0 amide bonds. The Kier molecular flexibility index (Phi) is 38.4. The van der Waals surface area contributed by atoms with Gasteiger partial charge < -0.3 is 27.9 Å². The molecule has 324 valence electrons. The second kappa shape index (κ2) is 39.4. The molecule has 0 spiro atoms. The first-order valence-electron chi connectivity index (χ1n) is 22.8. The summed E-state index contributed by atoms with van der Waals surface area (Å²) in [5.74, 6) is -0.399. The highest BCUT2D eigenvalue weighted by Gasteiger charge is 2.20. The summed E-state index contributed by atoms with van der Waals surface area (Å²) in [6.45, 7) is 4.70. The summed E-state index contributed by atoms with van der Waals surface area (Å²) in [6, 6.07) is 0. The number of phosphoric ester groups is 1. The van der Waals surface area contributed by atoms with Crippen LogP contribution in [0.2, 0.25) is 0 Å². The summed E-state index contributed by atoms with van der Waals surface area (Å²) in [7, 11) is 1.30. The predicted octanol–water partition coefficient (Wildman–Crippen LogP) is 13.1. The molecule has 9 heteroatoms. The van der Waals surface area contributed by atoms with Crippen LogP contribution >= 0.6 is 7.82 Å². The lowest BCUT2D eigenvalue weighted by Crippen LogP contribution is -2.37. The van der Waals surface area contributed by atoms with Crippen molar-refractivity contribution < 1.29 is 37.3 Å². The number of carbonyl (C=O) groups excluding carboxylic acids is 1. The van der Waals surface area contributed by atoms with Gasteiger partial charge in [-0.3, -0.25) is 9.36 Å². The van der Waals surface area contributed by atoms with Crippen LogP contribution in [0, 0.1) is 0 Å². The smallest absolute Gasteiger partial charge is 0.306 e. The summed E-state index contributed by atoms with van der Waals surface area (Å²) < 4.78 is 34.3. The fraction of sp³-hybridized carbons (Fsp3) is 0.848. The van der Waals surface area contributed by atoms with E-state index in [0.717, 1.165) is 32.1 Å². The van der Waals surface area contributed by atoms with E-state index in [1.807, 2.05) is 27.2 Å². The SMILES string of the molecule is CCCCCCCCCCC/C=C/C/C=C/CCCC(=O)O[C@H](CO/C=C/CCCCCCCCCCCCCCCC)COP(=O)([O-])OCC[N+](C)(C)C. The zero-order valence-electron chi connectivity index (χ0n) is 36.6. The van der Waals surface area contributed by atoms with E-state index in [-0.39, 0.29) is 26.2 Å². The van der Waals surface area contributed by atoms with Crippen LogP contribution in [0.3, 0.4) is 0 Å². The number of phosphoric acid groups is 1. The number of hydrogen-bond donors (Lipinski definition) is 0. The maximum Gasteiger partial charge on any atom is 0.306 e. The van der Waals surface area contributed by atoms with Gasteiger partial charge in [0.1, 0.15) is 19.8 Å². The lowest BCUT2D eigenvalue weighted by atomic mass is 10.0. The van der Waals surface area contributed by atoms with Crippen molar-refractivity contribution in [3.05, 3.63) is 36.6 Å². The van der Waals surface area contributed by atoms with E-state index in [1.54, 1.807) is 6.26 Å². The highest BCUT2D eigenvalue weighted by atomic mass is 31.2. The van der Waals surface area contributed by atoms with Gasteiger partial charge in [0.05, 0.1) is 34.0 Å². The number of unbranched alkanes of at least 4 members (excludes halogenated alkanes) is 24. The Balaban J connectivity index is 4.33.